The zero-order chi connectivity index (χ0) is 19.0. The Morgan fingerprint density at radius 2 is 1.89 bits per heavy atom. The highest BCUT2D eigenvalue weighted by Gasteiger charge is 2.26. The Bertz CT molecular complexity index is 984. The molecule has 140 valence electrons. The molecule has 1 atom stereocenters. The van der Waals surface area contributed by atoms with Crippen molar-refractivity contribution >= 4 is 16.8 Å². The second kappa shape index (κ2) is 6.99. The number of carbonyl (C=O) groups is 1. The predicted molar refractivity (Wildman–Crippen MR) is 106 cm³/mol. The van der Waals surface area contributed by atoms with Crippen molar-refractivity contribution in [2.24, 2.45) is 0 Å². The van der Waals surface area contributed by atoms with Crippen molar-refractivity contribution in [1.82, 2.24) is 10.3 Å². The number of ether oxygens (including phenoxy) is 2. The van der Waals surface area contributed by atoms with Crippen LogP contribution in [0.15, 0.2) is 36.4 Å². The molecule has 1 aliphatic carbocycles. The molecule has 0 saturated carbocycles. The number of hydrogen-bond acceptors (Lipinski definition) is 3. The maximum atomic E-state index is 13.0. The van der Waals surface area contributed by atoms with E-state index in [9.17, 15) is 4.79 Å². The number of nitrogens with one attached hydrogen (secondary N) is 2. The summed E-state index contributed by atoms with van der Waals surface area (Å²) in [6.07, 6.45) is 2.65. The van der Waals surface area contributed by atoms with Gasteiger partial charge in [-0.1, -0.05) is 17.7 Å². The van der Waals surface area contributed by atoms with Gasteiger partial charge < -0.3 is 19.8 Å². The summed E-state index contributed by atoms with van der Waals surface area (Å²) < 4.78 is 10.7. The molecule has 0 saturated heterocycles. The van der Waals surface area contributed by atoms with Crippen LogP contribution in [0.25, 0.3) is 10.9 Å². The molecule has 0 radical (unpaired) electrons. The van der Waals surface area contributed by atoms with Gasteiger partial charge in [-0.15, -0.1) is 0 Å². The van der Waals surface area contributed by atoms with Crippen molar-refractivity contribution in [2.45, 2.75) is 32.2 Å². The second-order valence-corrected chi connectivity index (χ2v) is 7.08. The number of rotatable bonds is 4. The van der Waals surface area contributed by atoms with Crippen LogP contribution in [0.4, 0.5) is 0 Å². The Morgan fingerprint density at radius 1 is 1.15 bits per heavy atom. The molecule has 3 aromatic rings. The number of fused-ring (bicyclic) bond motifs is 3. The van der Waals surface area contributed by atoms with Gasteiger partial charge in [-0.2, -0.15) is 0 Å². The van der Waals surface area contributed by atoms with Gasteiger partial charge in [-0.3, -0.25) is 4.79 Å². The molecule has 0 fully saturated rings. The molecule has 2 N–H and O–H groups in total. The lowest BCUT2D eigenvalue weighted by Gasteiger charge is -2.24. The number of amides is 1. The highest BCUT2D eigenvalue weighted by Crippen LogP contribution is 2.31. The van der Waals surface area contributed by atoms with Crippen molar-refractivity contribution in [1.29, 1.82) is 0 Å². The number of aromatic amines is 1. The first-order chi connectivity index (χ1) is 13.1. The van der Waals surface area contributed by atoms with Gasteiger partial charge in [0, 0.05) is 22.6 Å². The van der Waals surface area contributed by atoms with Crippen LogP contribution < -0.4 is 14.8 Å². The Hall–Kier alpha value is -2.95. The molecular weight excluding hydrogens is 340 g/mol. The highest BCUT2D eigenvalue weighted by molar-refractivity contribution is 6.00. The molecule has 0 aliphatic heterocycles. The molecule has 5 nitrogen and oxygen atoms in total. The van der Waals surface area contributed by atoms with E-state index in [1.54, 1.807) is 26.4 Å². The summed E-state index contributed by atoms with van der Waals surface area (Å²) in [6.45, 7) is 2.11. The van der Waals surface area contributed by atoms with Crippen LogP contribution in [0.5, 0.6) is 11.5 Å². The second-order valence-electron chi connectivity index (χ2n) is 7.08. The van der Waals surface area contributed by atoms with E-state index in [-0.39, 0.29) is 11.9 Å². The van der Waals surface area contributed by atoms with Gasteiger partial charge in [0.1, 0.15) is 17.1 Å². The molecule has 4 rings (SSSR count). The van der Waals surface area contributed by atoms with Crippen LogP contribution in [0.3, 0.4) is 0 Å². The number of H-pyrrole nitrogens is 1. The Labute approximate surface area is 158 Å². The molecule has 0 bridgehead atoms. The predicted octanol–water partition coefficient (Wildman–Crippen LogP) is 3.78. The van der Waals surface area contributed by atoms with E-state index in [1.807, 2.05) is 6.07 Å². The maximum Gasteiger partial charge on any atom is 0.259 e. The van der Waals surface area contributed by atoms with E-state index in [4.69, 9.17) is 9.47 Å². The first-order valence-corrected chi connectivity index (χ1v) is 9.22. The van der Waals surface area contributed by atoms with Gasteiger partial charge in [0.05, 0.1) is 14.2 Å². The standard InChI is InChI=1S/C22H24N2O3/c1-13-7-9-17-15(11-13)16-12-14(8-10-18(16)24-17)23-22(25)21-19(26-2)5-4-6-20(21)27-3/h4-7,9,11,14,24H,8,10,12H2,1-3H3,(H,23,25). The molecule has 27 heavy (non-hydrogen) atoms. The largest absolute Gasteiger partial charge is 0.496 e. The average Bonchev–Trinajstić information content (AvgIpc) is 3.04. The molecule has 1 unspecified atom stereocenters. The summed E-state index contributed by atoms with van der Waals surface area (Å²) in [5.74, 6) is 0.880. The third kappa shape index (κ3) is 3.14. The average molecular weight is 364 g/mol. The summed E-state index contributed by atoms with van der Waals surface area (Å²) in [5.41, 5.74) is 5.47. The van der Waals surface area contributed by atoms with Crippen LogP contribution >= 0.6 is 0 Å². The third-order valence-corrected chi connectivity index (χ3v) is 5.33. The number of aryl methyl sites for hydroxylation is 2. The number of benzene rings is 2. The smallest absolute Gasteiger partial charge is 0.259 e. The minimum Gasteiger partial charge on any atom is -0.496 e. The zero-order valence-corrected chi connectivity index (χ0v) is 15.9. The van der Waals surface area contributed by atoms with Crippen molar-refractivity contribution in [3.05, 3.63) is 58.8 Å². The third-order valence-electron chi connectivity index (χ3n) is 5.33. The van der Waals surface area contributed by atoms with E-state index < -0.39 is 0 Å². The lowest BCUT2D eigenvalue weighted by Crippen LogP contribution is -2.39. The quantitative estimate of drug-likeness (QED) is 0.740. The zero-order valence-electron chi connectivity index (χ0n) is 15.9. The van der Waals surface area contributed by atoms with Gasteiger partial charge in [0.25, 0.3) is 5.91 Å². The first-order valence-electron chi connectivity index (χ1n) is 9.22. The molecule has 5 heteroatoms. The molecule has 1 aromatic heterocycles. The van der Waals surface area contributed by atoms with Gasteiger partial charge in [-0.25, -0.2) is 0 Å². The summed E-state index contributed by atoms with van der Waals surface area (Å²) in [6, 6.07) is 11.9. The number of hydrogen-bond donors (Lipinski definition) is 2. The molecular formula is C22H24N2O3. The lowest BCUT2D eigenvalue weighted by molar-refractivity contribution is 0.0927. The van der Waals surface area contributed by atoms with Crippen LogP contribution in [-0.2, 0) is 12.8 Å². The number of aromatic nitrogens is 1. The van der Waals surface area contributed by atoms with Crippen molar-refractivity contribution in [3.8, 4) is 11.5 Å². The van der Waals surface area contributed by atoms with Crippen molar-refractivity contribution in [2.75, 3.05) is 14.2 Å². The number of carbonyl (C=O) groups excluding carboxylic acids is 1. The van der Waals surface area contributed by atoms with Crippen LogP contribution in [0, 0.1) is 6.92 Å². The molecule has 0 spiro atoms. The van der Waals surface area contributed by atoms with Crippen LogP contribution in [-0.4, -0.2) is 31.2 Å². The fourth-order valence-electron chi connectivity index (χ4n) is 3.99. The monoisotopic (exact) mass is 364 g/mol. The molecule has 1 aliphatic rings. The molecule has 1 heterocycles. The van der Waals surface area contributed by atoms with Gasteiger partial charge in [0.15, 0.2) is 0 Å². The lowest BCUT2D eigenvalue weighted by atomic mass is 9.91. The fourth-order valence-corrected chi connectivity index (χ4v) is 3.99. The van der Waals surface area contributed by atoms with Gasteiger partial charge in [-0.05, 0) is 56.0 Å². The van der Waals surface area contributed by atoms with E-state index in [1.165, 1.54) is 27.7 Å². The summed E-state index contributed by atoms with van der Waals surface area (Å²) in [4.78, 5) is 16.5. The highest BCUT2D eigenvalue weighted by atomic mass is 16.5. The normalized spacial score (nSPS) is 16.0. The molecule has 1 amide bonds. The molecule has 2 aromatic carbocycles. The summed E-state index contributed by atoms with van der Waals surface area (Å²) in [5, 5.41) is 4.44. The SMILES string of the molecule is COc1cccc(OC)c1C(=O)NC1CCc2[nH]c3ccc(C)cc3c2C1. The Balaban J connectivity index is 1.60. The van der Waals surface area contributed by atoms with Crippen LogP contribution in [0.1, 0.15) is 33.6 Å². The fraction of sp³-hybridized carbons (Fsp3) is 0.318. The maximum absolute atomic E-state index is 13.0. The van der Waals surface area contributed by atoms with E-state index in [2.05, 4.69) is 35.4 Å². The van der Waals surface area contributed by atoms with E-state index >= 15 is 0 Å². The van der Waals surface area contributed by atoms with E-state index in [0.29, 0.717) is 17.1 Å². The van der Waals surface area contributed by atoms with Gasteiger partial charge in [0.2, 0.25) is 0 Å². The minimum absolute atomic E-state index is 0.0825. The van der Waals surface area contributed by atoms with E-state index in [0.717, 1.165) is 19.3 Å². The van der Waals surface area contributed by atoms with Crippen molar-refractivity contribution in [3.63, 3.8) is 0 Å². The summed E-state index contributed by atoms with van der Waals surface area (Å²) >= 11 is 0. The Morgan fingerprint density at radius 3 is 2.59 bits per heavy atom. The van der Waals surface area contributed by atoms with Crippen molar-refractivity contribution < 1.29 is 14.3 Å². The Kier molecular flexibility index (Phi) is 4.52. The minimum atomic E-state index is -0.159. The number of methoxy groups -OCH3 is 2. The topological polar surface area (TPSA) is 63.4 Å². The first kappa shape index (κ1) is 17.5. The van der Waals surface area contributed by atoms with Gasteiger partial charge >= 0.3 is 0 Å². The van der Waals surface area contributed by atoms with Crippen LogP contribution in [0.2, 0.25) is 0 Å². The summed E-state index contributed by atoms with van der Waals surface area (Å²) in [7, 11) is 3.12.